The molecule has 0 aromatic carbocycles. The molecule has 0 radical (unpaired) electrons. The predicted octanol–water partition coefficient (Wildman–Crippen LogP) is 0.503. The monoisotopic (exact) mass is 240 g/mol. The topological polar surface area (TPSA) is 96.7 Å². The van der Waals surface area contributed by atoms with E-state index in [2.05, 4.69) is 18.7 Å². The normalized spacial score (nSPS) is 10.2. The highest BCUT2D eigenvalue weighted by molar-refractivity contribution is 5.60. The molecule has 0 unspecified atom stereocenters. The summed E-state index contributed by atoms with van der Waals surface area (Å²) in [5.74, 6) is -0.452. The van der Waals surface area contributed by atoms with Crippen LogP contribution in [0.4, 0.5) is 4.79 Å². The Labute approximate surface area is 94.3 Å². The lowest BCUT2D eigenvalue weighted by molar-refractivity contribution is 0.0382. The van der Waals surface area contributed by atoms with Crippen LogP contribution in [-0.4, -0.2) is 15.9 Å². The number of carbonyl (C=O) groups excluding carboxylic acids is 1. The van der Waals surface area contributed by atoms with Gasteiger partial charge in [0, 0.05) is 6.20 Å². The van der Waals surface area contributed by atoms with E-state index in [0.29, 0.717) is 0 Å². The smallest absolute Gasteiger partial charge is 0.424 e. The van der Waals surface area contributed by atoms with Gasteiger partial charge in [-0.25, -0.2) is 14.6 Å². The number of aryl methyl sites for hydroxylation is 1. The molecule has 90 valence electrons. The first-order chi connectivity index (χ1) is 8.15. The molecule has 8 nitrogen and oxygen atoms in total. The van der Waals surface area contributed by atoms with E-state index in [1.54, 1.807) is 0 Å². The van der Waals surface area contributed by atoms with Crippen molar-refractivity contribution in [2.75, 3.05) is 0 Å². The lowest BCUT2D eigenvalue weighted by atomic mass is 10.4. The maximum Gasteiger partial charge on any atom is 0.534 e. The van der Waals surface area contributed by atoms with Crippen molar-refractivity contribution in [3.63, 3.8) is 0 Å². The Morgan fingerprint density at radius 1 is 1.53 bits per heavy atom. The van der Waals surface area contributed by atoms with E-state index in [1.807, 2.05) is 0 Å². The number of imidazole rings is 1. The van der Waals surface area contributed by atoms with Crippen LogP contribution in [0.15, 0.2) is 32.3 Å². The lowest BCUT2D eigenvalue weighted by Gasteiger charge is -2.03. The van der Waals surface area contributed by atoms with Crippen molar-refractivity contribution in [2.45, 2.75) is 13.5 Å². The first-order valence-electron chi connectivity index (χ1n) is 4.57. The molecule has 2 aromatic rings. The van der Waals surface area contributed by atoms with Crippen molar-refractivity contribution in [1.82, 2.24) is 9.71 Å². The summed E-state index contributed by atoms with van der Waals surface area (Å²) in [4.78, 5) is 30.2. The van der Waals surface area contributed by atoms with E-state index >= 15 is 0 Å². The molecule has 0 aliphatic rings. The third kappa shape index (κ3) is 2.74. The molecule has 2 aromatic heterocycles. The summed E-state index contributed by atoms with van der Waals surface area (Å²) in [5, 5.41) is 0. The van der Waals surface area contributed by atoms with E-state index in [4.69, 9.17) is 4.74 Å². The highest BCUT2D eigenvalue weighted by Gasteiger charge is 2.12. The molecule has 0 fully saturated rings. The summed E-state index contributed by atoms with van der Waals surface area (Å²) >= 11 is 0. The van der Waals surface area contributed by atoms with Gasteiger partial charge in [-0.05, 0) is 6.92 Å². The van der Waals surface area contributed by atoms with Crippen molar-refractivity contribution in [3.8, 4) is 0 Å². The summed E-state index contributed by atoms with van der Waals surface area (Å²) in [7, 11) is 0. The maximum absolute atomic E-state index is 11.2. The lowest BCUT2D eigenvalue weighted by Crippen LogP contribution is -2.19. The van der Waals surface area contributed by atoms with Crippen LogP contribution in [0.3, 0.4) is 0 Å². The fourth-order valence-electron chi connectivity index (χ4n) is 1.04. The second-order valence-electron chi connectivity index (χ2n) is 2.99. The van der Waals surface area contributed by atoms with Crippen LogP contribution < -0.4 is 10.7 Å². The number of hydrogen-bond donors (Lipinski definition) is 0. The molecule has 17 heavy (non-hydrogen) atoms. The van der Waals surface area contributed by atoms with Crippen LogP contribution in [-0.2, 0) is 11.3 Å². The average Bonchev–Trinajstić information content (AvgIpc) is 2.86. The van der Waals surface area contributed by atoms with Crippen LogP contribution >= 0.6 is 0 Å². The zero-order chi connectivity index (χ0) is 12.3. The molecule has 2 rings (SSSR count). The highest BCUT2D eigenvalue weighted by Crippen LogP contribution is 2.06. The standard InChI is InChI=1S/C9H8N2O6/c1-6-7(16-9(13)15-6)4-14-8(12)17-11-3-2-10-5-11/h2-3,5H,4H2,1H3. The summed E-state index contributed by atoms with van der Waals surface area (Å²) in [6.07, 6.45) is 3.19. The van der Waals surface area contributed by atoms with Gasteiger partial charge in [0.15, 0.2) is 18.1 Å². The third-order valence-electron chi connectivity index (χ3n) is 1.82. The molecule has 0 saturated heterocycles. The van der Waals surface area contributed by atoms with E-state index in [9.17, 15) is 9.59 Å². The SMILES string of the molecule is Cc1oc(=O)oc1COC(=O)On1ccnc1. The largest absolute Gasteiger partial charge is 0.534 e. The Balaban J connectivity index is 1.88. The molecular formula is C9H8N2O6. The Bertz CT molecular complexity index is 552. The molecular weight excluding hydrogens is 232 g/mol. The molecule has 2 heterocycles. The van der Waals surface area contributed by atoms with Crippen molar-refractivity contribution < 1.29 is 23.2 Å². The number of nitrogens with zero attached hydrogens (tertiary/aromatic N) is 2. The van der Waals surface area contributed by atoms with Gasteiger partial charge in [-0.2, -0.15) is 4.73 Å². The van der Waals surface area contributed by atoms with E-state index in [0.717, 1.165) is 4.73 Å². The van der Waals surface area contributed by atoms with E-state index < -0.39 is 12.0 Å². The molecule has 0 aliphatic carbocycles. The van der Waals surface area contributed by atoms with Crippen LogP contribution in [0.5, 0.6) is 0 Å². The first-order valence-corrected chi connectivity index (χ1v) is 4.57. The van der Waals surface area contributed by atoms with Gasteiger partial charge < -0.3 is 18.4 Å². The van der Waals surface area contributed by atoms with Crippen LogP contribution in [0.2, 0.25) is 0 Å². The van der Waals surface area contributed by atoms with Crippen molar-refractivity contribution in [1.29, 1.82) is 0 Å². The van der Waals surface area contributed by atoms with Gasteiger partial charge in [0.25, 0.3) is 0 Å². The van der Waals surface area contributed by atoms with E-state index in [-0.39, 0.29) is 18.1 Å². The summed E-state index contributed by atoms with van der Waals surface area (Å²) in [6, 6.07) is 0. The molecule has 0 amide bonds. The predicted molar refractivity (Wildman–Crippen MR) is 51.0 cm³/mol. The molecule has 0 atom stereocenters. The Morgan fingerprint density at radius 3 is 2.94 bits per heavy atom. The van der Waals surface area contributed by atoms with Gasteiger partial charge >= 0.3 is 12.0 Å². The van der Waals surface area contributed by atoms with E-state index in [1.165, 1.54) is 25.6 Å². The quantitative estimate of drug-likeness (QED) is 0.720. The molecule has 0 N–H and O–H groups in total. The summed E-state index contributed by atoms with van der Waals surface area (Å²) in [6.45, 7) is 1.27. The second-order valence-corrected chi connectivity index (χ2v) is 2.99. The number of hydrogen-bond acceptors (Lipinski definition) is 7. The zero-order valence-corrected chi connectivity index (χ0v) is 8.78. The van der Waals surface area contributed by atoms with Crippen molar-refractivity contribution in [3.05, 3.63) is 40.9 Å². The number of aromatic nitrogens is 2. The van der Waals surface area contributed by atoms with Crippen molar-refractivity contribution in [2.24, 2.45) is 0 Å². The highest BCUT2D eigenvalue weighted by atomic mass is 16.8. The number of ether oxygens (including phenoxy) is 1. The minimum atomic E-state index is -0.953. The second kappa shape index (κ2) is 4.56. The fourth-order valence-corrected chi connectivity index (χ4v) is 1.04. The Hall–Kier alpha value is -2.51. The Morgan fingerprint density at radius 2 is 2.35 bits per heavy atom. The van der Waals surface area contributed by atoms with Gasteiger partial charge in [0.2, 0.25) is 0 Å². The van der Waals surface area contributed by atoms with Gasteiger partial charge in [-0.15, -0.1) is 0 Å². The summed E-state index contributed by atoms with van der Waals surface area (Å²) < 4.78 is 15.0. The molecule has 0 saturated carbocycles. The van der Waals surface area contributed by atoms with Gasteiger partial charge in [0.1, 0.15) is 6.33 Å². The third-order valence-corrected chi connectivity index (χ3v) is 1.82. The summed E-state index contributed by atoms with van der Waals surface area (Å²) in [5.41, 5.74) is 0. The van der Waals surface area contributed by atoms with Gasteiger partial charge in [-0.1, -0.05) is 0 Å². The molecule has 0 aliphatic heterocycles. The fraction of sp³-hybridized carbons (Fsp3) is 0.222. The van der Waals surface area contributed by atoms with Crippen LogP contribution in [0, 0.1) is 6.92 Å². The molecule has 0 spiro atoms. The minimum absolute atomic E-state index is 0.137. The van der Waals surface area contributed by atoms with Crippen LogP contribution in [0.1, 0.15) is 11.5 Å². The number of carbonyl (C=O) groups is 1. The van der Waals surface area contributed by atoms with Gasteiger partial charge in [-0.3, -0.25) is 0 Å². The van der Waals surface area contributed by atoms with Crippen LogP contribution in [0.25, 0.3) is 0 Å². The van der Waals surface area contributed by atoms with Gasteiger partial charge in [0.05, 0.1) is 6.20 Å². The molecule has 8 heteroatoms. The minimum Gasteiger partial charge on any atom is -0.424 e. The Kier molecular flexibility index (Phi) is 2.95. The van der Waals surface area contributed by atoms with Crippen molar-refractivity contribution >= 4 is 6.16 Å². The zero-order valence-electron chi connectivity index (χ0n) is 8.78. The average molecular weight is 240 g/mol. The number of rotatable bonds is 3. The maximum atomic E-state index is 11.2. The first kappa shape index (κ1) is 11.0. The molecule has 0 bridgehead atoms.